The number of allylic oxidation sites excluding steroid dienone is 1. The van der Waals surface area contributed by atoms with Crippen LogP contribution in [0.25, 0.3) is 0 Å². The van der Waals surface area contributed by atoms with Crippen LogP contribution in [-0.4, -0.2) is 22.0 Å². The Balaban J connectivity index is 4.79. The van der Waals surface area contributed by atoms with E-state index in [1.165, 1.54) is 0 Å². The highest BCUT2D eigenvalue weighted by Crippen LogP contribution is 2.25. The molecule has 0 spiro atoms. The predicted octanol–water partition coefficient (Wildman–Crippen LogP) is 2.25. The van der Waals surface area contributed by atoms with Crippen molar-refractivity contribution >= 4 is 18.2 Å². The van der Waals surface area contributed by atoms with Gasteiger partial charge in [-0.15, -0.1) is 5.54 Å². The zero-order valence-electron chi connectivity index (χ0n) is 8.97. The summed E-state index contributed by atoms with van der Waals surface area (Å²) >= 11 is 0. The van der Waals surface area contributed by atoms with Crippen LogP contribution < -0.4 is 0 Å². The van der Waals surface area contributed by atoms with Gasteiger partial charge in [0.1, 0.15) is 8.07 Å². The molecule has 0 aromatic rings. The molecule has 8 heteroatoms. The lowest BCUT2D eigenvalue weighted by molar-refractivity contribution is -0.0518. The first-order chi connectivity index (χ1) is 6.85. The van der Waals surface area contributed by atoms with Gasteiger partial charge in [0.25, 0.3) is 0 Å². The Morgan fingerprint density at radius 3 is 2.06 bits per heavy atom. The lowest BCUT2D eigenvalue weighted by atomic mass is 10.6. The molecule has 0 rings (SSSR count). The minimum absolute atomic E-state index is 0.722. The topological polar surface area (TPSA) is 43.4 Å². The molecule has 0 saturated carbocycles. The summed E-state index contributed by atoms with van der Waals surface area (Å²) in [7, 11) is -7.47. The lowest BCUT2D eigenvalue weighted by Crippen LogP contribution is -2.25. The molecular formula is C8H11F3O3SSi. The van der Waals surface area contributed by atoms with E-state index < -0.39 is 29.5 Å². The van der Waals surface area contributed by atoms with Gasteiger partial charge < -0.3 is 4.18 Å². The number of halogens is 3. The number of alkyl halides is 3. The molecular weight excluding hydrogens is 261 g/mol. The maximum absolute atomic E-state index is 11.9. The smallest absolute Gasteiger partial charge is 0.367 e. The standard InChI is InChI=1S/C8H11F3O3SSi/c1-7(5-6-16(2,3)4)14-15(12,13)8(9,10)11/h1H2,2-4H3. The fourth-order valence-electron chi connectivity index (χ4n) is 0.458. The van der Waals surface area contributed by atoms with Crippen LogP contribution in [0.5, 0.6) is 0 Å². The summed E-state index contributed by atoms with van der Waals surface area (Å²) in [5.74, 6) is 1.44. The molecule has 0 radical (unpaired) electrons. The van der Waals surface area contributed by atoms with E-state index in [9.17, 15) is 21.6 Å². The summed E-state index contributed by atoms with van der Waals surface area (Å²) in [5, 5.41) is 0. The summed E-state index contributed by atoms with van der Waals surface area (Å²) < 4.78 is 60.4. The first-order valence-electron chi connectivity index (χ1n) is 4.08. The molecule has 0 unspecified atom stereocenters. The third-order valence-electron chi connectivity index (χ3n) is 1.07. The lowest BCUT2D eigenvalue weighted by Gasteiger charge is -2.08. The minimum atomic E-state index is -5.65. The van der Waals surface area contributed by atoms with Crippen molar-refractivity contribution in [2.45, 2.75) is 25.1 Å². The second kappa shape index (κ2) is 4.51. The van der Waals surface area contributed by atoms with Crippen LogP contribution >= 0.6 is 0 Å². The molecule has 16 heavy (non-hydrogen) atoms. The molecule has 0 bridgehead atoms. The Morgan fingerprint density at radius 1 is 1.31 bits per heavy atom. The van der Waals surface area contributed by atoms with Crippen molar-refractivity contribution in [3.63, 3.8) is 0 Å². The highest BCUT2D eigenvalue weighted by atomic mass is 32.2. The summed E-state index contributed by atoms with van der Waals surface area (Å²) in [6.45, 7) is 8.52. The van der Waals surface area contributed by atoms with Gasteiger partial charge in [-0.3, -0.25) is 0 Å². The average Bonchev–Trinajstić information content (AvgIpc) is 1.96. The second-order valence-electron chi connectivity index (χ2n) is 3.91. The van der Waals surface area contributed by atoms with Gasteiger partial charge in [-0.05, 0) is 12.5 Å². The van der Waals surface area contributed by atoms with Crippen LogP contribution in [0.2, 0.25) is 19.6 Å². The fourth-order valence-corrected chi connectivity index (χ4v) is 1.37. The Labute approximate surface area is 93.4 Å². The van der Waals surface area contributed by atoms with Crippen molar-refractivity contribution in [2.75, 3.05) is 0 Å². The zero-order valence-corrected chi connectivity index (χ0v) is 10.8. The SMILES string of the molecule is C=C(C#C[Si](C)(C)C)OS(=O)(=O)C(F)(F)F. The van der Waals surface area contributed by atoms with Crippen LogP contribution in [0, 0.1) is 11.5 Å². The molecule has 3 nitrogen and oxygen atoms in total. The van der Waals surface area contributed by atoms with Gasteiger partial charge in [-0.2, -0.15) is 21.6 Å². The first-order valence-corrected chi connectivity index (χ1v) is 8.99. The third-order valence-corrected chi connectivity index (χ3v) is 2.93. The predicted molar refractivity (Wildman–Crippen MR) is 56.3 cm³/mol. The molecule has 0 heterocycles. The Kier molecular flexibility index (Phi) is 4.24. The van der Waals surface area contributed by atoms with E-state index in [-0.39, 0.29) is 0 Å². The van der Waals surface area contributed by atoms with Gasteiger partial charge in [0, 0.05) is 0 Å². The van der Waals surface area contributed by atoms with E-state index in [0.717, 1.165) is 0 Å². The van der Waals surface area contributed by atoms with E-state index in [1.54, 1.807) is 0 Å². The van der Waals surface area contributed by atoms with E-state index in [1.807, 2.05) is 19.6 Å². The van der Waals surface area contributed by atoms with Crippen LogP contribution in [0.4, 0.5) is 13.2 Å². The third kappa shape index (κ3) is 5.23. The van der Waals surface area contributed by atoms with Crippen LogP contribution in [-0.2, 0) is 14.3 Å². The summed E-state index contributed by atoms with van der Waals surface area (Å²) in [6, 6.07) is 0. The van der Waals surface area contributed by atoms with Gasteiger partial charge in [-0.1, -0.05) is 19.6 Å². The number of rotatable bonds is 2. The monoisotopic (exact) mass is 272 g/mol. The van der Waals surface area contributed by atoms with Gasteiger partial charge >= 0.3 is 15.6 Å². The van der Waals surface area contributed by atoms with E-state index in [2.05, 4.69) is 22.2 Å². The van der Waals surface area contributed by atoms with Gasteiger partial charge in [0.15, 0.2) is 5.76 Å². The Morgan fingerprint density at radius 2 is 1.75 bits per heavy atom. The number of hydrogen-bond acceptors (Lipinski definition) is 3. The average molecular weight is 272 g/mol. The molecule has 0 amide bonds. The van der Waals surface area contributed by atoms with Gasteiger partial charge in [0.2, 0.25) is 0 Å². The summed E-state index contributed by atoms with van der Waals surface area (Å²) in [4.78, 5) is 0. The van der Waals surface area contributed by atoms with Gasteiger partial charge in [0.05, 0.1) is 0 Å². The van der Waals surface area contributed by atoms with Crippen LogP contribution in [0.15, 0.2) is 12.3 Å². The molecule has 0 fully saturated rings. The normalized spacial score (nSPS) is 12.6. The van der Waals surface area contributed by atoms with Crippen molar-refractivity contribution in [2.24, 2.45) is 0 Å². The van der Waals surface area contributed by atoms with Crippen molar-refractivity contribution in [3.8, 4) is 11.5 Å². The Hall–Kier alpha value is -0.943. The number of hydrogen-bond donors (Lipinski definition) is 0. The molecule has 0 aromatic heterocycles. The molecule has 92 valence electrons. The second-order valence-corrected chi connectivity index (χ2v) is 10.2. The molecule has 0 aliphatic carbocycles. The van der Waals surface area contributed by atoms with Gasteiger partial charge in [-0.25, -0.2) is 0 Å². The molecule has 0 atom stereocenters. The maximum Gasteiger partial charge on any atom is 0.534 e. The highest BCUT2D eigenvalue weighted by molar-refractivity contribution is 7.87. The van der Waals surface area contributed by atoms with Crippen molar-refractivity contribution < 1.29 is 25.8 Å². The molecule has 0 aromatic carbocycles. The van der Waals surface area contributed by atoms with E-state index in [4.69, 9.17) is 0 Å². The van der Waals surface area contributed by atoms with Crippen molar-refractivity contribution in [3.05, 3.63) is 12.3 Å². The molecule has 0 aliphatic rings. The molecule has 0 N–H and O–H groups in total. The van der Waals surface area contributed by atoms with Crippen molar-refractivity contribution in [1.82, 2.24) is 0 Å². The summed E-state index contributed by atoms with van der Waals surface area (Å²) in [6.07, 6.45) is 0. The first kappa shape index (κ1) is 15.1. The quantitative estimate of drug-likeness (QED) is 0.254. The van der Waals surface area contributed by atoms with Crippen molar-refractivity contribution in [1.29, 1.82) is 0 Å². The molecule has 0 saturated heterocycles. The van der Waals surface area contributed by atoms with Crippen LogP contribution in [0.1, 0.15) is 0 Å². The zero-order chi connectivity index (χ0) is 13.2. The minimum Gasteiger partial charge on any atom is -0.367 e. The fraction of sp³-hybridized carbons (Fsp3) is 0.500. The van der Waals surface area contributed by atoms with E-state index >= 15 is 0 Å². The van der Waals surface area contributed by atoms with E-state index in [0.29, 0.717) is 0 Å². The maximum atomic E-state index is 11.9. The van der Waals surface area contributed by atoms with Crippen LogP contribution in [0.3, 0.4) is 0 Å². The molecule has 0 aliphatic heterocycles. The Bertz CT molecular complexity index is 434. The highest BCUT2D eigenvalue weighted by Gasteiger charge is 2.48. The summed E-state index contributed by atoms with van der Waals surface area (Å²) in [5.41, 5.74) is -2.83. The largest absolute Gasteiger partial charge is 0.534 e.